The molecule has 0 aromatic heterocycles. The standard InChI is InChI=1S/C14H14O2/c1-10(11-5-3-2-4-6-11)12-7-13(15)9-14(16)8-12/h2-10,15-16H,1H3. The first-order valence-electron chi connectivity index (χ1n) is 5.24. The predicted molar refractivity (Wildman–Crippen MR) is 63.7 cm³/mol. The molecule has 2 heteroatoms. The van der Waals surface area contributed by atoms with Crippen molar-refractivity contribution in [2.45, 2.75) is 12.8 Å². The summed E-state index contributed by atoms with van der Waals surface area (Å²) in [5.41, 5.74) is 2.07. The molecule has 0 radical (unpaired) electrons. The van der Waals surface area contributed by atoms with Crippen molar-refractivity contribution in [3.63, 3.8) is 0 Å². The predicted octanol–water partition coefficient (Wildman–Crippen LogP) is 3.25. The van der Waals surface area contributed by atoms with E-state index in [4.69, 9.17) is 0 Å². The molecule has 0 fully saturated rings. The summed E-state index contributed by atoms with van der Waals surface area (Å²) in [6, 6.07) is 14.7. The van der Waals surface area contributed by atoms with Gasteiger partial charge >= 0.3 is 0 Å². The van der Waals surface area contributed by atoms with Gasteiger partial charge in [0.2, 0.25) is 0 Å². The monoisotopic (exact) mass is 214 g/mol. The SMILES string of the molecule is CC(c1ccccc1)c1cc(O)cc(O)c1. The Kier molecular flexibility index (Phi) is 2.82. The number of phenolic OH excluding ortho intramolecular Hbond substituents is 2. The summed E-state index contributed by atoms with van der Waals surface area (Å²) in [5.74, 6) is 0.342. The van der Waals surface area contributed by atoms with Gasteiger partial charge in [-0.25, -0.2) is 0 Å². The van der Waals surface area contributed by atoms with Gasteiger partial charge in [0.15, 0.2) is 0 Å². The molecule has 0 amide bonds. The summed E-state index contributed by atoms with van der Waals surface area (Å²) in [4.78, 5) is 0. The summed E-state index contributed by atoms with van der Waals surface area (Å²) in [6.07, 6.45) is 0. The van der Waals surface area contributed by atoms with Crippen LogP contribution in [0.15, 0.2) is 48.5 Å². The highest BCUT2D eigenvalue weighted by atomic mass is 16.3. The molecule has 2 nitrogen and oxygen atoms in total. The number of hydrogen-bond donors (Lipinski definition) is 2. The quantitative estimate of drug-likeness (QED) is 0.805. The van der Waals surface area contributed by atoms with E-state index in [0.717, 1.165) is 11.1 Å². The van der Waals surface area contributed by atoms with Crippen LogP contribution in [0, 0.1) is 0 Å². The molecular formula is C14H14O2. The maximum atomic E-state index is 9.43. The lowest BCUT2D eigenvalue weighted by molar-refractivity contribution is 0.449. The van der Waals surface area contributed by atoms with Gasteiger partial charge in [0.25, 0.3) is 0 Å². The van der Waals surface area contributed by atoms with Crippen LogP contribution >= 0.6 is 0 Å². The lowest BCUT2D eigenvalue weighted by Crippen LogP contribution is -1.95. The van der Waals surface area contributed by atoms with Crippen LogP contribution in [0.4, 0.5) is 0 Å². The Morgan fingerprint density at radius 2 is 1.38 bits per heavy atom. The van der Waals surface area contributed by atoms with Crippen molar-refractivity contribution in [2.75, 3.05) is 0 Å². The highest BCUT2D eigenvalue weighted by molar-refractivity contribution is 5.41. The minimum atomic E-state index is 0.0952. The van der Waals surface area contributed by atoms with E-state index in [1.165, 1.54) is 6.07 Å². The van der Waals surface area contributed by atoms with Crippen LogP contribution in [0.5, 0.6) is 11.5 Å². The molecule has 2 N–H and O–H groups in total. The van der Waals surface area contributed by atoms with Crippen LogP contribution in [0.3, 0.4) is 0 Å². The summed E-state index contributed by atoms with van der Waals surface area (Å²) in [7, 11) is 0. The van der Waals surface area contributed by atoms with Crippen molar-refractivity contribution >= 4 is 0 Å². The van der Waals surface area contributed by atoms with E-state index in [1.54, 1.807) is 12.1 Å². The highest BCUT2D eigenvalue weighted by Gasteiger charge is 2.09. The second kappa shape index (κ2) is 4.27. The van der Waals surface area contributed by atoms with Gasteiger partial charge in [-0.15, -0.1) is 0 Å². The summed E-state index contributed by atoms with van der Waals surface area (Å²) in [6.45, 7) is 2.05. The van der Waals surface area contributed by atoms with E-state index in [-0.39, 0.29) is 17.4 Å². The zero-order valence-corrected chi connectivity index (χ0v) is 9.09. The van der Waals surface area contributed by atoms with Crippen molar-refractivity contribution in [2.24, 2.45) is 0 Å². The lowest BCUT2D eigenvalue weighted by atomic mass is 9.93. The summed E-state index contributed by atoms with van der Waals surface area (Å²) < 4.78 is 0. The van der Waals surface area contributed by atoms with Gasteiger partial charge in [0, 0.05) is 12.0 Å². The van der Waals surface area contributed by atoms with Crippen LogP contribution in [-0.4, -0.2) is 10.2 Å². The van der Waals surface area contributed by atoms with Gasteiger partial charge < -0.3 is 10.2 Å². The Morgan fingerprint density at radius 3 is 1.94 bits per heavy atom. The zero-order chi connectivity index (χ0) is 11.5. The average Bonchev–Trinajstić information content (AvgIpc) is 2.28. The third kappa shape index (κ3) is 2.16. The molecule has 1 atom stereocenters. The first-order chi connectivity index (χ1) is 7.66. The molecule has 0 heterocycles. The second-order valence-corrected chi connectivity index (χ2v) is 3.92. The fraction of sp³-hybridized carbons (Fsp3) is 0.143. The van der Waals surface area contributed by atoms with E-state index in [2.05, 4.69) is 0 Å². The van der Waals surface area contributed by atoms with E-state index in [1.807, 2.05) is 37.3 Å². The smallest absolute Gasteiger partial charge is 0.119 e. The zero-order valence-electron chi connectivity index (χ0n) is 9.09. The number of aromatic hydroxyl groups is 2. The Morgan fingerprint density at radius 1 is 0.812 bits per heavy atom. The lowest BCUT2D eigenvalue weighted by Gasteiger charge is -2.13. The molecule has 2 aromatic rings. The molecule has 0 saturated carbocycles. The normalized spacial score (nSPS) is 12.3. The molecule has 0 bridgehead atoms. The number of hydrogen-bond acceptors (Lipinski definition) is 2. The molecule has 0 saturated heterocycles. The number of phenols is 2. The third-order valence-electron chi connectivity index (χ3n) is 2.72. The maximum absolute atomic E-state index is 9.43. The van der Waals surface area contributed by atoms with Crippen LogP contribution < -0.4 is 0 Å². The third-order valence-corrected chi connectivity index (χ3v) is 2.72. The topological polar surface area (TPSA) is 40.5 Å². The van der Waals surface area contributed by atoms with Gasteiger partial charge in [-0.2, -0.15) is 0 Å². The van der Waals surface area contributed by atoms with Crippen LogP contribution in [0.25, 0.3) is 0 Å². The molecule has 0 aliphatic carbocycles. The van der Waals surface area contributed by atoms with E-state index in [9.17, 15) is 10.2 Å². The Hall–Kier alpha value is -1.96. The Balaban J connectivity index is 2.37. The molecule has 82 valence electrons. The van der Waals surface area contributed by atoms with E-state index < -0.39 is 0 Å². The molecule has 16 heavy (non-hydrogen) atoms. The Bertz CT molecular complexity index is 457. The second-order valence-electron chi connectivity index (χ2n) is 3.92. The van der Waals surface area contributed by atoms with Crippen molar-refractivity contribution in [1.29, 1.82) is 0 Å². The molecule has 0 spiro atoms. The minimum absolute atomic E-state index is 0.0952. The van der Waals surface area contributed by atoms with Crippen molar-refractivity contribution in [1.82, 2.24) is 0 Å². The van der Waals surface area contributed by atoms with Crippen LogP contribution in [0.2, 0.25) is 0 Å². The van der Waals surface area contributed by atoms with Crippen molar-refractivity contribution in [3.8, 4) is 11.5 Å². The van der Waals surface area contributed by atoms with Gasteiger partial charge in [-0.05, 0) is 23.3 Å². The van der Waals surface area contributed by atoms with Crippen molar-refractivity contribution in [3.05, 3.63) is 59.7 Å². The fourth-order valence-electron chi connectivity index (χ4n) is 1.80. The maximum Gasteiger partial charge on any atom is 0.119 e. The fourth-order valence-corrected chi connectivity index (χ4v) is 1.80. The molecule has 2 rings (SSSR count). The van der Waals surface area contributed by atoms with Crippen molar-refractivity contribution < 1.29 is 10.2 Å². The minimum Gasteiger partial charge on any atom is -0.508 e. The first kappa shape index (κ1) is 10.6. The van der Waals surface area contributed by atoms with E-state index in [0.29, 0.717) is 0 Å². The largest absolute Gasteiger partial charge is 0.508 e. The number of rotatable bonds is 2. The molecule has 2 aromatic carbocycles. The molecular weight excluding hydrogens is 200 g/mol. The molecule has 1 unspecified atom stereocenters. The van der Waals surface area contributed by atoms with Gasteiger partial charge in [-0.1, -0.05) is 37.3 Å². The van der Waals surface area contributed by atoms with E-state index >= 15 is 0 Å². The van der Waals surface area contributed by atoms with Gasteiger partial charge in [0.1, 0.15) is 11.5 Å². The Labute approximate surface area is 94.8 Å². The molecule has 0 aliphatic rings. The van der Waals surface area contributed by atoms with Crippen LogP contribution in [-0.2, 0) is 0 Å². The highest BCUT2D eigenvalue weighted by Crippen LogP contribution is 2.29. The summed E-state index contributed by atoms with van der Waals surface area (Å²) >= 11 is 0. The first-order valence-corrected chi connectivity index (χ1v) is 5.24. The van der Waals surface area contributed by atoms with Gasteiger partial charge in [0.05, 0.1) is 0 Å². The number of benzene rings is 2. The molecule has 0 aliphatic heterocycles. The van der Waals surface area contributed by atoms with Crippen LogP contribution in [0.1, 0.15) is 24.0 Å². The average molecular weight is 214 g/mol. The summed E-state index contributed by atoms with van der Waals surface area (Å²) in [5, 5.41) is 18.9. The van der Waals surface area contributed by atoms with Gasteiger partial charge in [-0.3, -0.25) is 0 Å².